The zero-order valence-electron chi connectivity index (χ0n) is 13.6. The lowest BCUT2D eigenvalue weighted by atomic mass is 9.69. The molecular formula is C19H31N. The van der Waals surface area contributed by atoms with Crippen molar-refractivity contribution in [2.75, 3.05) is 13.1 Å². The van der Waals surface area contributed by atoms with Crippen molar-refractivity contribution in [2.24, 2.45) is 5.41 Å². The molecule has 1 fully saturated rings. The summed E-state index contributed by atoms with van der Waals surface area (Å²) < 4.78 is 0. The van der Waals surface area contributed by atoms with E-state index in [1.165, 1.54) is 62.6 Å². The molecule has 1 saturated carbocycles. The standard InChI is InChI=1S/C19H31N/c1-4-12-20-15-19(10-6-5-7-11-19)14-18-13-16(2)8-9-17(18)3/h8-9,13,20H,4-7,10-12,14-15H2,1-3H3. The first-order valence-corrected chi connectivity index (χ1v) is 8.42. The van der Waals surface area contributed by atoms with Crippen LogP contribution in [0, 0.1) is 19.3 Å². The van der Waals surface area contributed by atoms with Crippen molar-refractivity contribution in [1.82, 2.24) is 5.32 Å². The lowest BCUT2D eigenvalue weighted by molar-refractivity contribution is 0.181. The first-order chi connectivity index (χ1) is 9.65. The van der Waals surface area contributed by atoms with E-state index in [1.807, 2.05) is 0 Å². The minimum atomic E-state index is 0.506. The average Bonchev–Trinajstić information content (AvgIpc) is 2.44. The molecule has 0 amide bonds. The topological polar surface area (TPSA) is 12.0 Å². The van der Waals surface area contributed by atoms with Gasteiger partial charge < -0.3 is 5.32 Å². The number of nitrogens with one attached hydrogen (secondary N) is 1. The van der Waals surface area contributed by atoms with E-state index < -0.39 is 0 Å². The predicted molar refractivity (Wildman–Crippen MR) is 88.3 cm³/mol. The van der Waals surface area contributed by atoms with Gasteiger partial charge in [-0.3, -0.25) is 0 Å². The normalized spacial score (nSPS) is 18.1. The van der Waals surface area contributed by atoms with Crippen molar-refractivity contribution < 1.29 is 0 Å². The van der Waals surface area contributed by atoms with Crippen LogP contribution in [-0.2, 0) is 6.42 Å². The number of benzene rings is 1. The van der Waals surface area contributed by atoms with Crippen LogP contribution >= 0.6 is 0 Å². The summed E-state index contributed by atoms with van der Waals surface area (Å²) in [7, 11) is 0. The molecule has 1 nitrogen and oxygen atoms in total. The second-order valence-corrected chi connectivity index (χ2v) is 6.84. The fourth-order valence-electron chi connectivity index (χ4n) is 3.64. The van der Waals surface area contributed by atoms with Gasteiger partial charge >= 0.3 is 0 Å². The Morgan fingerprint density at radius 1 is 1.10 bits per heavy atom. The lowest BCUT2D eigenvalue weighted by Crippen LogP contribution is -2.38. The Morgan fingerprint density at radius 3 is 2.55 bits per heavy atom. The maximum absolute atomic E-state index is 3.70. The van der Waals surface area contributed by atoms with Crippen LogP contribution in [0.3, 0.4) is 0 Å². The van der Waals surface area contributed by atoms with Crippen LogP contribution < -0.4 is 5.32 Å². The number of aryl methyl sites for hydroxylation is 2. The molecule has 1 aliphatic carbocycles. The highest BCUT2D eigenvalue weighted by Gasteiger charge is 2.32. The van der Waals surface area contributed by atoms with Crippen LogP contribution in [0.1, 0.15) is 62.1 Å². The molecule has 1 aromatic carbocycles. The van der Waals surface area contributed by atoms with Crippen LogP contribution in [0.2, 0.25) is 0 Å². The number of hydrogen-bond donors (Lipinski definition) is 1. The van der Waals surface area contributed by atoms with Crippen molar-refractivity contribution in [3.63, 3.8) is 0 Å². The van der Waals surface area contributed by atoms with Crippen LogP contribution in [0.4, 0.5) is 0 Å². The molecule has 0 saturated heterocycles. The molecule has 2 rings (SSSR count). The molecule has 112 valence electrons. The molecule has 0 radical (unpaired) electrons. The van der Waals surface area contributed by atoms with Crippen molar-refractivity contribution in [3.8, 4) is 0 Å². The highest BCUT2D eigenvalue weighted by Crippen LogP contribution is 2.39. The highest BCUT2D eigenvalue weighted by atomic mass is 14.9. The van der Waals surface area contributed by atoms with Crippen LogP contribution in [0.5, 0.6) is 0 Å². The van der Waals surface area contributed by atoms with Gasteiger partial charge in [-0.2, -0.15) is 0 Å². The van der Waals surface area contributed by atoms with Gasteiger partial charge in [0.05, 0.1) is 0 Å². The van der Waals surface area contributed by atoms with Gasteiger partial charge in [0.1, 0.15) is 0 Å². The van der Waals surface area contributed by atoms with Crippen molar-refractivity contribution in [3.05, 3.63) is 34.9 Å². The Morgan fingerprint density at radius 2 is 1.85 bits per heavy atom. The monoisotopic (exact) mass is 273 g/mol. The van der Waals surface area contributed by atoms with E-state index in [0.717, 1.165) is 6.54 Å². The number of hydrogen-bond acceptors (Lipinski definition) is 1. The highest BCUT2D eigenvalue weighted by molar-refractivity contribution is 5.31. The van der Waals surface area contributed by atoms with Gasteiger partial charge in [-0.25, -0.2) is 0 Å². The molecular weight excluding hydrogens is 242 g/mol. The fourth-order valence-corrected chi connectivity index (χ4v) is 3.64. The molecule has 1 aromatic rings. The van der Waals surface area contributed by atoms with E-state index in [1.54, 1.807) is 5.56 Å². The minimum absolute atomic E-state index is 0.506. The average molecular weight is 273 g/mol. The van der Waals surface area contributed by atoms with E-state index in [9.17, 15) is 0 Å². The van der Waals surface area contributed by atoms with Crippen LogP contribution in [-0.4, -0.2) is 13.1 Å². The first-order valence-electron chi connectivity index (χ1n) is 8.42. The molecule has 1 heteroatoms. The van der Waals surface area contributed by atoms with E-state index in [4.69, 9.17) is 0 Å². The molecule has 20 heavy (non-hydrogen) atoms. The summed E-state index contributed by atoms with van der Waals surface area (Å²) in [6, 6.07) is 6.94. The van der Waals surface area contributed by atoms with Gasteiger partial charge in [0.25, 0.3) is 0 Å². The summed E-state index contributed by atoms with van der Waals surface area (Å²) in [5, 5.41) is 3.70. The van der Waals surface area contributed by atoms with Gasteiger partial charge in [-0.1, -0.05) is 49.9 Å². The van der Waals surface area contributed by atoms with Gasteiger partial charge in [-0.05, 0) is 62.6 Å². The zero-order valence-corrected chi connectivity index (χ0v) is 13.6. The second-order valence-electron chi connectivity index (χ2n) is 6.84. The molecule has 0 atom stereocenters. The number of rotatable bonds is 6. The summed E-state index contributed by atoms with van der Waals surface area (Å²) in [5.41, 5.74) is 4.95. The molecule has 0 heterocycles. The molecule has 0 unspecified atom stereocenters. The Hall–Kier alpha value is -0.820. The van der Waals surface area contributed by atoms with Crippen molar-refractivity contribution in [1.29, 1.82) is 0 Å². The summed E-state index contributed by atoms with van der Waals surface area (Å²) in [5.74, 6) is 0. The Bertz CT molecular complexity index is 416. The second kappa shape index (κ2) is 7.26. The van der Waals surface area contributed by atoms with E-state index in [0.29, 0.717) is 5.41 Å². The molecule has 0 bridgehead atoms. The van der Waals surface area contributed by atoms with Crippen molar-refractivity contribution >= 4 is 0 Å². The molecule has 0 spiro atoms. The zero-order chi connectivity index (χ0) is 14.4. The van der Waals surface area contributed by atoms with E-state index in [2.05, 4.69) is 44.3 Å². The summed E-state index contributed by atoms with van der Waals surface area (Å²) in [4.78, 5) is 0. The van der Waals surface area contributed by atoms with Crippen LogP contribution in [0.25, 0.3) is 0 Å². The molecule has 1 aliphatic rings. The quantitative estimate of drug-likeness (QED) is 0.734. The van der Waals surface area contributed by atoms with E-state index in [-0.39, 0.29) is 0 Å². The Balaban J connectivity index is 2.12. The van der Waals surface area contributed by atoms with Gasteiger partial charge in [-0.15, -0.1) is 0 Å². The van der Waals surface area contributed by atoms with Crippen molar-refractivity contribution in [2.45, 2.75) is 65.7 Å². The van der Waals surface area contributed by atoms with E-state index >= 15 is 0 Å². The van der Waals surface area contributed by atoms with Gasteiger partial charge in [0, 0.05) is 6.54 Å². The molecule has 0 aromatic heterocycles. The third-order valence-corrected chi connectivity index (χ3v) is 4.91. The molecule has 0 aliphatic heterocycles. The minimum Gasteiger partial charge on any atom is -0.316 e. The SMILES string of the molecule is CCCNCC1(Cc2cc(C)ccc2C)CCCCC1. The van der Waals surface area contributed by atoms with Gasteiger partial charge in [0.15, 0.2) is 0 Å². The lowest BCUT2D eigenvalue weighted by Gasteiger charge is -2.38. The maximum Gasteiger partial charge on any atom is 0.00110 e. The van der Waals surface area contributed by atoms with Crippen LogP contribution in [0.15, 0.2) is 18.2 Å². The predicted octanol–water partition coefficient (Wildman–Crippen LogP) is 4.80. The fraction of sp³-hybridized carbons (Fsp3) is 0.684. The third-order valence-electron chi connectivity index (χ3n) is 4.91. The summed E-state index contributed by atoms with van der Waals surface area (Å²) in [6.45, 7) is 9.10. The smallest absolute Gasteiger partial charge is 0.00110 e. The Kier molecular flexibility index (Phi) is 5.65. The Labute approximate surface area is 125 Å². The largest absolute Gasteiger partial charge is 0.316 e. The molecule has 1 N–H and O–H groups in total. The summed E-state index contributed by atoms with van der Waals surface area (Å²) in [6.07, 6.45) is 9.56. The third kappa shape index (κ3) is 4.09. The maximum atomic E-state index is 3.70. The summed E-state index contributed by atoms with van der Waals surface area (Å²) >= 11 is 0. The van der Waals surface area contributed by atoms with Gasteiger partial charge in [0.2, 0.25) is 0 Å². The first kappa shape index (κ1) is 15.6.